The lowest BCUT2D eigenvalue weighted by Gasteiger charge is -2.22. The smallest absolute Gasteiger partial charge is 0.124 e. The van der Waals surface area contributed by atoms with Gasteiger partial charge in [0.2, 0.25) is 0 Å². The molecule has 92 valence electrons. The quantitative estimate of drug-likeness (QED) is 0.659. The zero-order valence-corrected chi connectivity index (χ0v) is 10.6. The summed E-state index contributed by atoms with van der Waals surface area (Å²) in [4.78, 5) is 5.84. The minimum atomic E-state index is 0.0302. The second kappa shape index (κ2) is 5.06. The molecule has 0 aliphatic carbocycles. The van der Waals surface area contributed by atoms with Gasteiger partial charge in [0, 0.05) is 25.0 Å². The van der Waals surface area contributed by atoms with Crippen molar-refractivity contribution in [3.63, 3.8) is 0 Å². The number of nitrogens with zero attached hydrogens (tertiary/aromatic N) is 2. The van der Waals surface area contributed by atoms with Crippen molar-refractivity contribution in [1.29, 1.82) is 5.41 Å². The molecule has 0 saturated heterocycles. The van der Waals surface area contributed by atoms with Gasteiger partial charge in [-0.05, 0) is 18.2 Å². The van der Waals surface area contributed by atoms with E-state index >= 15 is 0 Å². The molecule has 0 bridgehead atoms. The van der Waals surface area contributed by atoms with Crippen LogP contribution < -0.4 is 10.6 Å². The van der Waals surface area contributed by atoms with Gasteiger partial charge in [-0.15, -0.1) is 0 Å². The van der Waals surface area contributed by atoms with Gasteiger partial charge in [-0.25, -0.2) is 0 Å². The lowest BCUT2D eigenvalue weighted by atomic mass is 10.1. The molecule has 2 rings (SSSR count). The van der Waals surface area contributed by atoms with Gasteiger partial charge in [0.25, 0.3) is 0 Å². The minimum Gasteiger partial charge on any atom is -0.384 e. The number of pyridine rings is 1. The van der Waals surface area contributed by atoms with E-state index < -0.39 is 0 Å². The van der Waals surface area contributed by atoms with Crippen molar-refractivity contribution in [3.8, 4) is 0 Å². The first-order chi connectivity index (χ1) is 8.61. The Kier molecular flexibility index (Phi) is 3.48. The Morgan fingerprint density at radius 2 is 2.00 bits per heavy atom. The number of halogens is 1. The highest BCUT2D eigenvalue weighted by Gasteiger charge is 2.12. The van der Waals surface area contributed by atoms with Gasteiger partial charge in [0.05, 0.1) is 16.4 Å². The molecule has 0 aliphatic heterocycles. The number of aromatic nitrogens is 1. The molecule has 1 heterocycles. The molecular weight excluding hydrogens is 248 g/mol. The van der Waals surface area contributed by atoms with E-state index in [2.05, 4.69) is 4.98 Å². The van der Waals surface area contributed by atoms with Gasteiger partial charge in [0.15, 0.2) is 0 Å². The second-order valence-corrected chi connectivity index (χ2v) is 4.22. The number of hydrogen-bond donors (Lipinski definition) is 2. The summed E-state index contributed by atoms with van der Waals surface area (Å²) in [5.74, 6) is 0.0302. The monoisotopic (exact) mass is 260 g/mol. The minimum absolute atomic E-state index is 0.0302. The number of hydrogen-bond acceptors (Lipinski definition) is 3. The first kappa shape index (κ1) is 12.4. The van der Waals surface area contributed by atoms with Gasteiger partial charge >= 0.3 is 0 Å². The summed E-state index contributed by atoms with van der Waals surface area (Å²) in [7, 11) is 1.88. The van der Waals surface area contributed by atoms with Crippen LogP contribution in [0, 0.1) is 5.41 Å². The summed E-state index contributed by atoms with van der Waals surface area (Å²) < 4.78 is 0. The molecule has 4 nitrogen and oxygen atoms in total. The third-order valence-electron chi connectivity index (χ3n) is 2.67. The summed E-state index contributed by atoms with van der Waals surface area (Å²) in [6.07, 6.45) is 3.26. The second-order valence-electron chi connectivity index (χ2n) is 3.82. The number of nitrogens with one attached hydrogen (secondary N) is 1. The molecule has 2 aromatic rings. The van der Waals surface area contributed by atoms with Gasteiger partial charge in [-0.1, -0.05) is 23.7 Å². The predicted octanol–water partition coefficient (Wildman–Crippen LogP) is 2.79. The normalized spacial score (nSPS) is 10.1. The van der Waals surface area contributed by atoms with Crippen molar-refractivity contribution in [2.75, 3.05) is 11.9 Å². The third-order valence-corrected chi connectivity index (χ3v) is 2.96. The molecule has 0 atom stereocenters. The van der Waals surface area contributed by atoms with Crippen LogP contribution in [-0.2, 0) is 0 Å². The molecule has 0 amide bonds. The maximum atomic E-state index is 7.59. The molecule has 1 aromatic carbocycles. The van der Waals surface area contributed by atoms with E-state index in [0.29, 0.717) is 10.6 Å². The standard InChI is InChI=1S/C13H13ClN4/c1-18(12-6-7-17-8-10(12)14)11-5-3-2-4-9(11)13(15)16/h2-8H,1H3,(H3,15,16). The Morgan fingerprint density at radius 3 is 2.67 bits per heavy atom. The maximum Gasteiger partial charge on any atom is 0.124 e. The van der Waals surface area contributed by atoms with Gasteiger partial charge in [0.1, 0.15) is 5.84 Å². The van der Waals surface area contributed by atoms with Crippen LogP contribution in [0.25, 0.3) is 0 Å². The summed E-state index contributed by atoms with van der Waals surface area (Å²) >= 11 is 6.11. The highest BCUT2D eigenvalue weighted by atomic mass is 35.5. The molecule has 0 fully saturated rings. The Balaban J connectivity index is 2.50. The Bertz CT molecular complexity index is 583. The van der Waals surface area contributed by atoms with Crippen molar-refractivity contribution in [2.45, 2.75) is 0 Å². The Labute approximate surface area is 111 Å². The largest absolute Gasteiger partial charge is 0.384 e. The zero-order valence-electron chi connectivity index (χ0n) is 9.89. The van der Waals surface area contributed by atoms with E-state index in [1.165, 1.54) is 0 Å². The van der Waals surface area contributed by atoms with Gasteiger partial charge in [-0.2, -0.15) is 0 Å². The first-order valence-corrected chi connectivity index (χ1v) is 5.75. The number of para-hydroxylation sites is 1. The molecule has 0 saturated carbocycles. The zero-order chi connectivity index (χ0) is 13.1. The predicted molar refractivity (Wildman–Crippen MR) is 74.8 cm³/mol. The molecule has 3 N–H and O–H groups in total. The molecule has 1 aromatic heterocycles. The van der Waals surface area contributed by atoms with Gasteiger partial charge in [-0.3, -0.25) is 10.4 Å². The van der Waals surface area contributed by atoms with E-state index in [0.717, 1.165) is 11.4 Å². The summed E-state index contributed by atoms with van der Waals surface area (Å²) in [5.41, 5.74) is 7.91. The van der Waals surface area contributed by atoms with Crippen LogP contribution in [0.15, 0.2) is 42.7 Å². The fourth-order valence-electron chi connectivity index (χ4n) is 1.76. The van der Waals surface area contributed by atoms with Crippen molar-refractivity contribution >= 4 is 28.8 Å². The maximum absolute atomic E-state index is 7.59. The Hall–Kier alpha value is -2.07. The molecule has 0 spiro atoms. The number of amidine groups is 1. The highest BCUT2D eigenvalue weighted by molar-refractivity contribution is 6.33. The number of benzene rings is 1. The van der Waals surface area contributed by atoms with E-state index in [9.17, 15) is 0 Å². The summed E-state index contributed by atoms with van der Waals surface area (Å²) in [6, 6.07) is 9.27. The third kappa shape index (κ3) is 2.28. The molecule has 0 aliphatic rings. The Morgan fingerprint density at radius 1 is 1.28 bits per heavy atom. The van der Waals surface area contributed by atoms with Crippen LogP contribution in [0.4, 0.5) is 11.4 Å². The van der Waals surface area contributed by atoms with E-state index in [-0.39, 0.29) is 5.84 Å². The van der Waals surface area contributed by atoms with E-state index in [1.54, 1.807) is 12.4 Å². The van der Waals surface area contributed by atoms with E-state index in [4.69, 9.17) is 22.7 Å². The number of anilines is 2. The van der Waals surface area contributed by atoms with Crippen molar-refractivity contribution in [2.24, 2.45) is 5.73 Å². The molecule has 0 unspecified atom stereocenters. The van der Waals surface area contributed by atoms with Crippen LogP contribution in [0.2, 0.25) is 5.02 Å². The van der Waals surface area contributed by atoms with Crippen molar-refractivity contribution < 1.29 is 0 Å². The average molecular weight is 261 g/mol. The van der Waals surface area contributed by atoms with Crippen LogP contribution in [0.5, 0.6) is 0 Å². The fraction of sp³-hybridized carbons (Fsp3) is 0.0769. The SMILES string of the molecule is CN(c1ccncc1Cl)c1ccccc1C(=N)N. The lowest BCUT2D eigenvalue weighted by molar-refractivity contribution is 1.18. The van der Waals surface area contributed by atoms with Crippen LogP contribution >= 0.6 is 11.6 Å². The summed E-state index contributed by atoms with van der Waals surface area (Å²) in [5, 5.41) is 8.15. The molecule has 0 radical (unpaired) electrons. The number of rotatable bonds is 3. The average Bonchev–Trinajstić information content (AvgIpc) is 2.38. The number of nitrogen functional groups attached to an aromatic ring is 1. The fourth-order valence-corrected chi connectivity index (χ4v) is 2.01. The molecular formula is C13H13ClN4. The molecule has 5 heteroatoms. The lowest BCUT2D eigenvalue weighted by Crippen LogP contribution is -2.18. The van der Waals surface area contributed by atoms with Crippen molar-refractivity contribution in [3.05, 3.63) is 53.3 Å². The van der Waals surface area contributed by atoms with Gasteiger partial charge < -0.3 is 10.6 Å². The number of nitrogens with two attached hydrogens (primary N) is 1. The van der Waals surface area contributed by atoms with Crippen LogP contribution in [-0.4, -0.2) is 17.9 Å². The van der Waals surface area contributed by atoms with E-state index in [1.807, 2.05) is 42.3 Å². The van der Waals surface area contributed by atoms with Crippen molar-refractivity contribution in [1.82, 2.24) is 4.98 Å². The highest BCUT2D eigenvalue weighted by Crippen LogP contribution is 2.31. The summed E-state index contributed by atoms with van der Waals surface area (Å²) in [6.45, 7) is 0. The van der Waals surface area contributed by atoms with Crippen LogP contribution in [0.3, 0.4) is 0 Å². The topological polar surface area (TPSA) is 66.0 Å². The van der Waals surface area contributed by atoms with Crippen LogP contribution in [0.1, 0.15) is 5.56 Å². The first-order valence-electron chi connectivity index (χ1n) is 5.38. The molecule has 18 heavy (non-hydrogen) atoms.